The number of aliphatic carboxylic acids is 1. The summed E-state index contributed by atoms with van der Waals surface area (Å²) < 4.78 is 10.9. The number of hydrogen-bond donors (Lipinski definition) is 3. The van der Waals surface area contributed by atoms with Crippen LogP contribution in [0.3, 0.4) is 0 Å². The number of esters is 1. The Morgan fingerprint density at radius 1 is 0.971 bits per heavy atom. The van der Waals surface area contributed by atoms with Gasteiger partial charge in [0.1, 0.15) is 24.2 Å². The van der Waals surface area contributed by atoms with Crippen LogP contribution >= 0.6 is 0 Å². The quantitative estimate of drug-likeness (QED) is 0.414. The summed E-state index contributed by atoms with van der Waals surface area (Å²) in [5, 5.41) is 27.6. The molecule has 0 saturated carbocycles. The third-order valence-electron chi connectivity index (χ3n) is 6.13. The molecule has 2 aromatic rings. The highest BCUT2D eigenvalue weighted by atomic mass is 16.5. The topological polar surface area (TPSA) is 113 Å². The third kappa shape index (κ3) is 7.05. The maximum absolute atomic E-state index is 11.3. The molecule has 1 atom stereocenters. The average Bonchev–Trinajstić information content (AvgIpc) is 2.74. The molecule has 0 bridgehead atoms. The minimum atomic E-state index is -0.833. The van der Waals surface area contributed by atoms with E-state index in [0.29, 0.717) is 11.3 Å². The molecule has 1 aliphatic carbocycles. The SMILES string of the molecule is CC(=O)O.CC(=O)Oc1cc(OCC(O)c2ccc3c(c2)C(C)(C)CCC3(C)C)ccc1CO. The van der Waals surface area contributed by atoms with Crippen LogP contribution in [-0.4, -0.2) is 33.9 Å². The Bertz CT molecular complexity index is 1020. The zero-order chi connectivity index (χ0) is 25.7. The van der Waals surface area contributed by atoms with E-state index in [1.165, 1.54) is 18.1 Å². The second kappa shape index (κ2) is 11.0. The van der Waals surface area contributed by atoms with Gasteiger partial charge in [-0.1, -0.05) is 45.9 Å². The van der Waals surface area contributed by atoms with Gasteiger partial charge in [-0.3, -0.25) is 9.59 Å². The number of fused-ring (bicyclic) bond motifs is 1. The molecule has 0 saturated heterocycles. The molecule has 7 nitrogen and oxygen atoms in total. The molecule has 0 aromatic heterocycles. The summed E-state index contributed by atoms with van der Waals surface area (Å²) >= 11 is 0. The van der Waals surface area contributed by atoms with Gasteiger partial charge in [0.2, 0.25) is 0 Å². The first kappa shape index (κ1) is 27.3. The molecule has 0 aliphatic heterocycles. The lowest BCUT2D eigenvalue weighted by Crippen LogP contribution is -2.34. The molecule has 1 aliphatic rings. The van der Waals surface area contributed by atoms with Gasteiger partial charge >= 0.3 is 5.97 Å². The molecule has 0 spiro atoms. The third-order valence-corrected chi connectivity index (χ3v) is 6.13. The van der Waals surface area contributed by atoms with Crippen LogP contribution < -0.4 is 9.47 Å². The molecule has 1 unspecified atom stereocenters. The zero-order valence-corrected chi connectivity index (χ0v) is 20.8. The van der Waals surface area contributed by atoms with Crippen molar-refractivity contribution >= 4 is 11.9 Å². The van der Waals surface area contributed by atoms with Crippen molar-refractivity contribution in [1.82, 2.24) is 0 Å². The molecule has 2 aromatic carbocycles. The van der Waals surface area contributed by atoms with Gasteiger partial charge in [-0.2, -0.15) is 0 Å². The lowest BCUT2D eigenvalue weighted by molar-refractivity contribution is -0.134. The predicted molar refractivity (Wildman–Crippen MR) is 129 cm³/mol. The Labute approximate surface area is 201 Å². The summed E-state index contributed by atoms with van der Waals surface area (Å²) in [7, 11) is 0. The van der Waals surface area contributed by atoms with E-state index >= 15 is 0 Å². The normalized spacial score (nSPS) is 16.4. The van der Waals surface area contributed by atoms with Gasteiger partial charge in [0, 0.05) is 25.5 Å². The Morgan fingerprint density at radius 2 is 1.56 bits per heavy atom. The molecule has 7 heteroatoms. The molecular weight excluding hydrogens is 436 g/mol. The van der Waals surface area contributed by atoms with Gasteiger partial charge in [0.05, 0.1) is 6.61 Å². The van der Waals surface area contributed by atoms with Crippen LogP contribution in [0, 0.1) is 0 Å². The first-order valence-corrected chi connectivity index (χ1v) is 11.3. The van der Waals surface area contributed by atoms with E-state index in [4.69, 9.17) is 19.4 Å². The summed E-state index contributed by atoms with van der Waals surface area (Å²) in [5.41, 5.74) is 4.16. The number of carbonyl (C=O) groups excluding carboxylic acids is 1. The van der Waals surface area contributed by atoms with Crippen molar-refractivity contribution in [2.75, 3.05) is 6.61 Å². The highest BCUT2D eigenvalue weighted by molar-refractivity contribution is 5.70. The van der Waals surface area contributed by atoms with E-state index < -0.39 is 18.0 Å². The van der Waals surface area contributed by atoms with Crippen molar-refractivity contribution in [3.05, 3.63) is 58.7 Å². The Kier molecular flexibility index (Phi) is 8.86. The summed E-state index contributed by atoms with van der Waals surface area (Å²) in [5.74, 6) is -0.585. The smallest absolute Gasteiger partial charge is 0.308 e. The molecule has 3 rings (SSSR count). The van der Waals surface area contributed by atoms with E-state index in [0.717, 1.165) is 25.3 Å². The van der Waals surface area contributed by atoms with Gasteiger partial charge < -0.3 is 24.8 Å². The van der Waals surface area contributed by atoms with Crippen LogP contribution in [0.2, 0.25) is 0 Å². The monoisotopic (exact) mass is 472 g/mol. The standard InChI is InChI=1S/C25H32O5.C2H4O2/c1-16(27)30-23-13-19(8-6-18(23)14-26)29-15-22(28)17-7-9-20-21(12-17)25(4,5)11-10-24(20,2)3;1-2(3)4/h6-9,12-13,22,26,28H,10-11,14-15H2,1-5H3;1H3,(H,3,4). The number of hydrogen-bond acceptors (Lipinski definition) is 6. The van der Waals surface area contributed by atoms with Crippen LogP contribution in [0.5, 0.6) is 11.5 Å². The van der Waals surface area contributed by atoms with Crippen molar-refractivity contribution < 1.29 is 34.4 Å². The van der Waals surface area contributed by atoms with Gasteiger partial charge in [0.15, 0.2) is 0 Å². The first-order chi connectivity index (χ1) is 15.8. The van der Waals surface area contributed by atoms with Crippen molar-refractivity contribution in [2.24, 2.45) is 0 Å². The molecule has 0 fully saturated rings. The number of carboxylic acids is 1. The fourth-order valence-electron chi connectivity index (χ4n) is 4.09. The fourth-order valence-corrected chi connectivity index (χ4v) is 4.09. The lowest BCUT2D eigenvalue weighted by atomic mass is 9.63. The van der Waals surface area contributed by atoms with Gasteiger partial charge in [-0.25, -0.2) is 0 Å². The van der Waals surface area contributed by atoms with E-state index in [9.17, 15) is 15.0 Å². The number of ether oxygens (including phenoxy) is 2. The number of aliphatic hydroxyl groups is 2. The summed E-state index contributed by atoms with van der Waals surface area (Å²) in [6, 6.07) is 11.1. The van der Waals surface area contributed by atoms with E-state index in [-0.39, 0.29) is 29.8 Å². The van der Waals surface area contributed by atoms with Gasteiger partial charge in [-0.15, -0.1) is 0 Å². The summed E-state index contributed by atoms with van der Waals surface area (Å²) in [4.78, 5) is 20.3. The van der Waals surface area contributed by atoms with Crippen LogP contribution in [0.1, 0.15) is 82.7 Å². The molecule has 3 N–H and O–H groups in total. The highest BCUT2D eigenvalue weighted by Gasteiger charge is 2.37. The second-order valence-electron chi connectivity index (χ2n) is 9.94. The van der Waals surface area contributed by atoms with Gasteiger partial charge in [0.25, 0.3) is 5.97 Å². The molecule has 186 valence electrons. The Hall–Kier alpha value is -2.90. The van der Waals surface area contributed by atoms with Gasteiger partial charge in [-0.05, 0) is 52.5 Å². The molecule has 0 heterocycles. The van der Waals surface area contributed by atoms with Crippen molar-refractivity contribution in [3.63, 3.8) is 0 Å². The number of aliphatic hydroxyl groups excluding tert-OH is 2. The number of carbonyl (C=O) groups is 2. The maximum Gasteiger partial charge on any atom is 0.308 e. The maximum atomic E-state index is 11.3. The minimum absolute atomic E-state index is 0.0699. The summed E-state index contributed by atoms with van der Waals surface area (Å²) in [6.45, 7) is 11.3. The van der Waals surface area contributed by atoms with E-state index in [1.807, 2.05) is 6.07 Å². The molecule has 0 amide bonds. The fraction of sp³-hybridized carbons (Fsp3) is 0.481. The average molecular weight is 473 g/mol. The van der Waals surface area contributed by atoms with Crippen molar-refractivity contribution in [2.45, 2.75) is 77.9 Å². The number of rotatable bonds is 6. The van der Waals surface area contributed by atoms with Crippen LogP contribution in [0.15, 0.2) is 36.4 Å². The van der Waals surface area contributed by atoms with E-state index in [2.05, 4.69) is 39.8 Å². The minimum Gasteiger partial charge on any atom is -0.490 e. The lowest BCUT2D eigenvalue weighted by Gasteiger charge is -2.42. The van der Waals surface area contributed by atoms with E-state index in [1.54, 1.807) is 18.2 Å². The summed E-state index contributed by atoms with van der Waals surface area (Å²) in [6.07, 6.45) is 1.47. The number of carboxylic acid groups (broad SMARTS) is 1. The zero-order valence-electron chi connectivity index (χ0n) is 20.8. The van der Waals surface area contributed by atoms with Crippen LogP contribution in [0.25, 0.3) is 0 Å². The number of benzene rings is 2. The molecular formula is C27H36O7. The van der Waals surface area contributed by atoms with Crippen molar-refractivity contribution in [1.29, 1.82) is 0 Å². The molecule has 0 radical (unpaired) electrons. The second-order valence-corrected chi connectivity index (χ2v) is 9.94. The largest absolute Gasteiger partial charge is 0.490 e. The van der Waals surface area contributed by atoms with Crippen LogP contribution in [0.4, 0.5) is 0 Å². The van der Waals surface area contributed by atoms with Crippen LogP contribution in [-0.2, 0) is 27.0 Å². The molecule has 34 heavy (non-hydrogen) atoms. The predicted octanol–water partition coefficient (Wildman–Crippen LogP) is 4.66. The first-order valence-electron chi connectivity index (χ1n) is 11.3. The Morgan fingerprint density at radius 3 is 2.12 bits per heavy atom. The van der Waals surface area contributed by atoms with Crippen molar-refractivity contribution in [3.8, 4) is 11.5 Å². The highest BCUT2D eigenvalue weighted by Crippen LogP contribution is 2.46. The Balaban J connectivity index is 0.000000945.